The number of H-pyrrole nitrogens is 1. The molecule has 0 radical (unpaired) electrons. The lowest BCUT2D eigenvalue weighted by molar-refractivity contribution is 0.385. The Balaban J connectivity index is 1.78. The fourth-order valence-corrected chi connectivity index (χ4v) is 2.66. The van der Waals surface area contributed by atoms with Crippen LogP contribution in [-0.2, 0) is 0 Å². The molecular formula is C12H18N6. The minimum absolute atomic E-state index is 0.769. The van der Waals surface area contributed by atoms with E-state index in [4.69, 9.17) is 5.73 Å². The number of fused-ring (bicyclic) bond motifs is 1. The van der Waals surface area contributed by atoms with E-state index in [1.807, 2.05) is 0 Å². The number of aromatic nitrogens is 4. The predicted octanol–water partition coefficient (Wildman–Crippen LogP) is 0.918. The summed E-state index contributed by atoms with van der Waals surface area (Å²) in [5.74, 6) is 1.74. The number of piperidine rings is 1. The van der Waals surface area contributed by atoms with Gasteiger partial charge < -0.3 is 10.6 Å². The van der Waals surface area contributed by atoms with Crippen LogP contribution in [0.4, 0.5) is 5.82 Å². The summed E-state index contributed by atoms with van der Waals surface area (Å²) in [6.07, 6.45) is 6.87. The van der Waals surface area contributed by atoms with Gasteiger partial charge in [0.1, 0.15) is 17.4 Å². The average molecular weight is 246 g/mol. The van der Waals surface area contributed by atoms with Crippen LogP contribution in [0.2, 0.25) is 0 Å². The Morgan fingerprint density at radius 2 is 2.17 bits per heavy atom. The van der Waals surface area contributed by atoms with Gasteiger partial charge in [0.25, 0.3) is 0 Å². The summed E-state index contributed by atoms with van der Waals surface area (Å²) in [6.45, 7) is 2.87. The molecule has 6 nitrogen and oxygen atoms in total. The highest BCUT2D eigenvalue weighted by molar-refractivity contribution is 5.84. The molecule has 96 valence electrons. The topological polar surface area (TPSA) is 83.7 Å². The van der Waals surface area contributed by atoms with Crippen LogP contribution in [0.5, 0.6) is 0 Å². The summed E-state index contributed by atoms with van der Waals surface area (Å²) in [4.78, 5) is 10.9. The Morgan fingerprint density at radius 3 is 2.94 bits per heavy atom. The summed E-state index contributed by atoms with van der Waals surface area (Å²) >= 11 is 0. The molecule has 6 heteroatoms. The second-order valence-corrected chi connectivity index (χ2v) is 4.84. The highest BCUT2D eigenvalue weighted by Crippen LogP contribution is 2.26. The van der Waals surface area contributed by atoms with Crippen LogP contribution in [0.25, 0.3) is 11.0 Å². The summed E-state index contributed by atoms with van der Waals surface area (Å²) < 4.78 is 0. The second kappa shape index (κ2) is 4.89. The predicted molar refractivity (Wildman–Crippen MR) is 70.3 cm³/mol. The van der Waals surface area contributed by atoms with E-state index < -0.39 is 0 Å². The summed E-state index contributed by atoms with van der Waals surface area (Å²) in [5.41, 5.74) is 7.44. The molecule has 3 rings (SSSR count). The van der Waals surface area contributed by atoms with Crippen molar-refractivity contribution >= 4 is 16.9 Å². The Kier molecular flexibility index (Phi) is 3.10. The Hall–Kier alpha value is -1.69. The van der Waals surface area contributed by atoms with Crippen LogP contribution in [0.3, 0.4) is 0 Å². The maximum atomic E-state index is 5.62. The van der Waals surface area contributed by atoms with E-state index in [9.17, 15) is 0 Å². The van der Waals surface area contributed by atoms with Crippen LogP contribution >= 0.6 is 0 Å². The van der Waals surface area contributed by atoms with Gasteiger partial charge in [0.15, 0.2) is 5.82 Å². The zero-order chi connectivity index (χ0) is 12.4. The molecule has 2 aromatic heterocycles. The lowest BCUT2D eigenvalue weighted by Gasteiger charge is -2.32. The van der Waals surface area contributed by atoms with Crippen molar-refractivity contribution in [1.82, 2.24) is 20.2 Å². The standard InChI is InChI=1S/C12H18N6/c13-4-1-9-2-5-18(6-3-9)12-11-10(7-16-17-11)14-8-15-12/h7-9H,1-6,13H2,(H,16,17). The van der Waals surface area contributed by atoms with Crippen LogP contribution in [-0.4, -0.2) is 39.8 Å². The van der Waals surface area contributed by atoms with Gasteiger partial charge in [-0.1, -0.05) is 0 Å². The van der Waals surface area contributed by atoms with E-state index in [-0.39, 0.29) is 0 Å². The second-order valence-electron chi connectivity index (χ2n) is 4.84. The van der Waals surface area contributed by atoms with Crippen molar-refractivity contribution in [2.75, 3.05) is 24.5 Å². The molecule has 2 aromatic rings. The zero-order valence-electron chi connectivity index (χ0n) is 10.3. The fraction of sp³-hybridized carbons (Fsp3) is 0.583. The number of hydrogen-bond acceptors (Lipinski definition) is 5. The van der Waals surface area contributed by atoms with Crippen LogP contribution in [0.1, 0.15) is 19.3 Å². The third-order valence-corrected chi connectivity index (χ3v) is 3.71. The van der Waals surface area contributed by atoms with Crippen molar-refractivity contribution in [3.05, 3.63) is 12.5 Å². The van der Waals surface area contributed by atoms with E-state index in [0.29, 0.717) is 0 Å². The maximum absolute atomic E-state index is 5.62. The minimum atomic E-state index is 0.769. The first-order valence-corrected chi connectivity index (χ1v) is 6.47. The molecule has 0 aliphatic carbocycles. The van der Waals surface area contributed by atoms with Crippen molar-refractivity contribution in [1.29, 1.82) is 0 Å². The van der Waals surface area contributed by atoms with Crippen LogP contribution in [0.15, 0.2) is 12.5 Å². The molecule has 1 aliphatic rings. The zero-order valence-corrected chi connectivity index (χ0v) is 10.3. The van der Waals surface area contributed by atoms with Gasteiger partial charge in [-0.3, -0.25) is 5.10 Å². The van der Waals surface area contributed by atoms with Crippen molar-refractivity contribution in [2.45, 2.75) is 19.3 Å². The summed E-state index contributed by atoms with van der Waals surface area (Å²) in [7, 11) is 0. The van der Waals surface area contributed by atoms with Crippen LogP contribution in [0, 0.1) is 5.92 Å². The molecule has 18 heavy (non-hydrogen) atoms. The van der Waals surface area contributed by atoms with Gasteiger partial charge in [-0.25, -0.2) is 9.97 Å². The monoisotopic (exact) mass is 246 g/mol. The quantitative estimate of drug-likeness (QED) is 0.841. The van der Waals surface area contributed by atoms with Gasteiger partial charge in [0, 0.05) is 13.1 Å². The molecule has 3 heterocycles. The van der Waals surface area contributed by atoms with Crippen molar-refractivity contribution in [3.63, 3.8) is 0 Å². The first-order chi connectivity index (χ1) is 8.88. The smallest absolute Gasteiger partial charge is 0.158 e. The van der Waals surface area contributed by atoms with E-state index in [1.165, 1.54) is 12.8 Å². The molecule has 0 unspecified atom stereocenters. The SMILES string of the molecule is NCCC1CCN(c2ncnc3cn[nH]c23)CC1. The lowest BCUT2D eigenvalue weighted by Crippen LogP contribution is -2.35. The number of anilines is 1. The molecule has 0 bridgehead atoms. The van der Waals surface area contributed by atoms with Crippen molar-refractivity contribution in [3.8, 4) is 0 Å². The Morgan fingerprint density at radius 1 is 1.33 bits per heavy atom. The number of hydrogen-bond donors (Lipinski definition) is 2. The van der Waals surface area contributed by atoms with Gasteiger partial charge in [0.2, 0.25) is 0 Å². The van der Waals surface area contributed by atoms with Crippen molar-refractivity contribution < 1.29 is 0 Å². The highest BCUT2D eigenvalue weighted by atomic mass is 15.2. The third-order valence-electron chi connectivity index (χ3n) is 3.71. The molecule has 0 atom stereocenters. The van der Waals surface area contributed by atoms with E-state index in [2.05, 4.69) is 25.1 Å². The maximum Gasteiger partial charge on any atom is 0.158 e. The third kappa shape index (κ3) is 2.03. The largest absolute Gasteiger partial charge is 0.355 e. The minimum Gasteiger partial charge on any atom is -0.355 e. The molecule has 0 saturated carbocycles. The molecule has 3 N–H and O–H groups in total. The molecule has 0 amide bonds. The molecule has 1 aliphatic heterocycles. The van der Waals surface area contributed by atoms with Gasteiger partial charge >= 0.3 is 0 Å². The molecular weight excluding hydrogens is 228 g/mol. The number of nitrogens with one attached hydrogen (secondary N) is 1. The molecule has 1 saturated heterocycles. The number of nitrogens with zero attached hydrogens (tertiary/aromatic N) is 4. The lowest BCUT2D eigenvalue weighted by atomic mass is 9.93. The number of nitrogens with two attached hydrogens (primary N) is 1. The van der Waals surface area contributed by atoms with E-state index >= 15 is 0 Å². The highest BCUT2D eigenvalue weighted by Gasteiger charge is 2.21. The fourth-order valence-electron chi connectivity index (χ4n) is 2.66. The van der Waals surface area contributed by atoms with Gasteiger partial charge in [0.05, 0.1) is 6.20 Å². The first kappa shape index (κ1) is 11.4. The first-order valence-electron chi connectivity index (χ1n) is 6.47. The summed E-state index contributed by atoms with van der Waals surface area (Å²) in [5, 5.41) is 7.02. The summed E-state index contributed by atoms with van der Waals surface area (Å²) in [6, 6.07) is 0. The van der Waals surface area contributed by atoms with E-state index in [1.54, 1.807) is 12.5 Å². The molecule has 1 fully saturated rings. The van der Waals surface area contributed by atoms with Crippen LogP contribution < -0.4 is 10.6 Å². The van der Waals surface area contributed by atoms with Crippen molar-refractivity contribution in [2.24, 2.45) is 11.7 Å². The Bertz CT molecular complexity index is 514. The number of rotatable bonds is 3. The Labute approximate surface area is 106 Å². The van der Waals surface area contributed by atoms with Gasteiger partial charge in [-0.2, -0.15) is 5.10 Å². The normalized spacial score (nSPS) is 17.5. The van der Waals surface area contributed by atoms with Gasteiger partial charge in [-0.15, -0.1) is 0 Å². The van der Waals surface area contributed by atoms with E-state index in [0.717, 1.165) is 48.8 Å². The van der Waals surface area contributed by atoms with Gasteiger partial charge in [-0.05, 0) is 31.7 Å². The average Bonchev–Trinajstić information content (AvgIpc) is 2.88. The number of aromatic amines is 1. The molecule has 0 spiro atoms. The molecule has 0 aromatic carbocycles.